The fourth-order valence-electron chi connectivity index (χ4n) is 2.88. The quantitative estimate of drug-likeness (QED) is 0.483. The van der Waals surface area contributed by atoms with Gasteiger partial charge in [0.2, 0.25) is 5.95 Å². The van der Waals surface area contributed by atoms with E-state index in [1.807, 2.05) is 0 Å². The number of alkyl halides is 2. The second kappa shape index (κ2) is 7.38. The van der Waals surface area contributed by atoms with Crippen molar-refractivity contribution in [2.24, 2.45) is 7.05 Å². The Hall–Kier alpha value is -3.69. The second-order valence-corrected chi connectivity index (χ2v) is 6.07. The van der Waals surface area contributed by atoms with E-state index in [2.05, 4.69) is 20.0 Å². The number of carbonyl (C=O) groups excluding carboxylic acids is 1. The van der Waals surface area contributed by atoms with Crippen molar-refractivity contribution in [1.82, 2.24) is 14.5 Å². The maximum absolute atomic E-state index is 12.4. The summed E-state index contributed by atoms with van der Waals surface area (Å²) < 4.78 is 41.4. The highest BCUT2D eigenvalue weighted by molar-refractivity contribution is 5.94. The molecule has 0 spiro atoms. The molecule has 0 saturated heterocycles. The molecule has 0 atom stereocenters. The van der Waals surface area contributed by atoms with Gasteiger partial charge >= 0.3 is 18.6 Å². The second-order valence-electron chi connectivity index (χ2n) is 6.07. The highest BCUT2D eigenvalue weighted by Gasteiger charge is 2.15. The Morgan fingerprint density at radius 3 is 2.79 bits per heavy atom. The van der Waals surface area contributed by atoms with Crippen LogP contribution < -0.4 is 10.1 Å². The van der Waals surface area contributed by atoms with Crippen molar-refractivity contribution >= 4 is 40.1 Å². The minimum Gasteiger partial charge on any atom is -0.462 e. The summed E-state index contributed by atoms with van der Waals surface area (Å²) in [5.74, 6) is -0.0172. The number of rotatable bonds is 6. The molecular formula is C19H16F2N4O4. The molecule has 1 N–H and O–H groups in total. The predicted octanol–water partition coefficient (Wildman–Crippen LogP) is 4.24. The summed E-state index contributed by atoms with van der Waals surface area (Å²) in [6, 6.07) is 9.43. The molecule has 29 heavy (non-hydrogen) atoms. The number of halogens is 2. The number of aromatic nitrogens is 3. The van der Waals surface area contributed by atoms with Crippen LogP contribution >= 0.6 is 0 Å². The maximum atomic E-state index is 12.4. The first-order valence-electron chi connectivity index (χ1n) is 8.70. The van der Waals surface area contributed by atoms with Gasteiger partial charge in [0, 0.05) is 13.1 Å². The summed E-state index contributed by atoms with van der Waals surface area (Å²) in [7, 11) is 1.79. The van der Waals surface area contributed by atoms with Gasteiger partial charge < -0.3 is 18.5 Å². The summed E-state index contributed by atoms with van der Waals surface area (Å²) in [6.07, 6.45) is 0. The van der Waals surface area contributed by atoms with Crippen LogP contribution in [-0.2, 0) is 11.8 Å². The molecule has 2 aromatic carbocycles. The largest absolute Gasteiger partial charge is 0.462 e. The highest BCUT2D eigenvalue weighted by atomic mass is 19.3. The molecule has 0 aliphatic carbocycles. The van der Waals surface area contributed by atoms with Crippen LogP contribution in [0.25, 0.3) is 22.1 Å². The lowest BCUT2D eigenvalue weighted by Crippen LogP contribution is -2.04. The van der Waals surface area contributed by atoms with Crippen LogP contribution in [0.4, 0.5) is 20.7 Å². The fourth-order valence-corrected chi connectivity index (χ4v) is 2.88. The first-order chi connectivity index (χ1) is 13.9. The molecule has 0 bridgehead atoms. The number of anilines is 2. The minimum absolute atomic E-state index is 0.0237. The van der Waals surface area contributed by atoms with Gasteiger partial charge in [0.15, 0.2) is 5.58 Å². The van der Waals surface area contributed by atoms with Crippen LogP contribution in [0.3, 0.4) is 0 Å². The maximum Gasteiger partial charge on any atom is 0.387 e. The number of ether oxygens (including phenoxy) is 2. The molecule has 0 aliphatic rings. The van der Waals surface area contributed by atoms with E-state index in [1.54, 1.807) is 36.7 Å². The number of carbonyl (C=O) groups is 1. The summed E-state index contributed by atoms with van der Waals surface area (Å²) in [4.78, 5) is 20.6. The van der Waals surface area contributed by atoms with Crippen molar-refractivity contribution in [3.8, 4) is 5.75 Å². The Bertz CT molecular complexity index is 1200. The van der Waals surface area contributed by atoms with Crippen molar-refractivity contribution in [1.29, 1.82) is 0 Å². The molecule has 0 fully saturated rings. The summed E-state index contributed by atoms with van der Waals surface area (Å²) >= 11 is 0. The third-order valence-corrected chi connectivity index (χ3v) is 4.20. The Balaban J connectivity index is 1.63. The molecular weight excluding hydrogens is 386 g/mol. The highest BCUT2D eigenvalue weighted by Crippen LogP contribution is 2.27. The van der Waals surface area contributed by atoms with Gasteiger partial charge in [0.1, 0.15) is 11.3 Å². The van der Waals surface area contributed by atoms with Gasteiger partial charge in [-0.3, -0.25) is 5.32 Å². The number of hydrogen-bond acceptors (Lipinski definition) is 7. The lowest BCUT2D eigenvalue weighted by Gasteiger charge is -2.02. The van der Waals surface area contributed by atoms with Gasteiger partial charge in [-0.05, 0) is 37.3 Å². The standard InChI is InChI=1S/C19H16F2N4O4/c1-3-27-16(26)10-4-7-14-13(8-10)22-18(25(14)2)24-19-23-12-6-5-11(28-17(20)21)9-15(12)29-19/h4-9,17H,3H2,1-2H3,(H,22,23,24). The number of aryl methyl sites for hydroxylation is 1. The van der Waals surface area contributed by atoms with Crippen molar-refractivity contribution in [3.05, 3.63) is 42.0 Å². The van der Waals surface area contributed by atoms with Crippen LogP contribution in [0, 0.1) is 0 Å². The predicted molar refractivity (Wildman–Crippen MR) is 101 cm³/mol. The third kappa shape index (κ3) is 3.68. The van der Waals surface area contributed by atoms with E-state index < -0.39 is 12.6 Å². The van der Waals surface area contributed by atoms with Crippen LogP contribution in [0.2, 0.25) is 0 Å². The first kappa shape index (κ1) is 18.7. The van der Waals surface area contributed by atoms with Crippen LogP contribution in [-0.4, -0.2) is 33.7 Å². The smallest absolute Gasteiger partial charge is 0.387 e. The Morgan fingerprint density at radius 2 is 2.03 bits per heavy atom. The van der Waals surface area contributed by atoms with E-state index in [0.717, 1.165) is 5.52 Å². The molecule has 0 unspecified atom stereocenters. The molecule has 10 heteroatoms. The monoisotopic (exact) mass is 402 g/mol. The Morgan fingerprint density at radius 1 is 1.21 bits per heavy atom. The molecule has 8 nitrogen and oxygen atoms in total. The summed E-state index contributed by atoms with van der Waals surface area (Å²) in [5.41, 5.74) is 2.53. The van der Waals surface area contributed by atoms with E-state index in [4.69, 9.17) is 9.15 Å². The molecule has 4 rings (SSSR count). The zero-order chi connectivity index (χ0) is 20.5. The van der Waals surface area contributed by atoms with Gasteiger partial charge in [-0.25, -0.2) is 9.78 Å². The van der Waals surface area contributed by atoms with E-state index >= 15 is 0 Å². The lowest BCUT2D eigenvalue weighted by atomic mass is 10.2. The average molecular weight is 402 g/mol. The van der Waals surface area contributed by atoms with Gasteiger partial charge in [-0.2, -0.15) is 13.8 Å². The minimum atomic E-state index is -2.92. The van der Waals surface area contributed by atoms with Gasteiger partial charge in [0.05, 0.1) is 23.2 Å². The molecule has 0 aliphatic heterocycles. The zero-order valence-electron chi connectivity index (χ0n) is 15.5. The van der Waals surface area contributed by atoms with Crippen molar-refractivity contribution in [2.75, 3.05) is 11.9 Å². The average Bonchev–Trinajstić information content (AvgIpc) is 3.21. The molecule has 4 aromatic rings. The lowest BCUT2D eigenvalue weighted by molar-refractivity contribution is -0.0497. The Kier molecular flexibility index (Phi) is 4.75. The number of oxazole rings is 1. The SMILES string of the molecule is CCOC(=O)c1ccc2c(c1)nc(Nc1nc3ccc(OC(F)F)cc3o1)n2C. The van der Waals surface area contributed by atoms with Crippen molar-refractivity contribution in [2.45, 2.75) is 13.5 Å². The van der Waals surface area contributed by atoms with Crippen LogP contribution in [0.5, 0.6) is 5.75 Å². The molecule has 2 aromatic heterocycles. The van der Waals surface area contributed by atoms with E-state index in [-0.39, 0.29) is 24.0 Å². The topological polar surface area (TPSA) is 91.4 Å². The van der Waals surface area contributed by atoms with Gasteiger partial charge in [0.25, 0.3) is 0 Å². The number of hydrogen-bond donors (Lipinski definition) is 1. The van der Waals surface area contributed by atoms with E-state index in [1.165, 1.54) is 18.2 Å². The molecule has 150 valence electrons. The number of imidazole rings is 1. The number of nitrogens with one attached hydrogen (secondary N) is 1. The zero-order valence-corrected chi connectivity index (χ0v) is 15.5. The normalized spacial score (nSPS) is 11.3. The van der Waals surface area contributed by atoms with Gasteiger partial charge in [-0.1, -0.05) is 0 Å². The molecule has 0 saturated carbocycles. The Labute approximate surface area is 163 Å². The van der Waals surface area contributed by atoms with Crippen LogP contribution in [0.1, 0.15) is 17.3 Å². The van der Waals surface area contributed by atoms with E-state index in [9.17, 15) is 13.6 Å². The summed E-state index contributed by atoms with van der Waals surface area (Å²) in [5, 5.41) is 2.95. The first-order valence-corrected chi connectivity index (χ1v) is 8.70. The number of fused-ring (bicyclic) bond motifs is 2. The van der Waals surface area contributed by atoms with Crippen molar-refractivity contribution < 1.29 is 27.5 Å². The van der Waals surface area contributed by atoms with Gasteiger partial charge in [-0.15, -0.1) is 0 Å². The van der Waals surface area contributed by atoms with Crippen molar-refractivity contribution in [3.63, 3.8) is 0 Å². The molecule has 0 amide bonds. The molecule has 0 radical (unpaired) electrons. The van der Waals surface area contributed by atoms with Crippen LogP contribution in [0.15, 0.2) is 40.8 Å². The number of benzene rings is 2. The van der Waals surface area contributed by atoms with E-state index in [0.29, 0.717) is 22.5 Å². The number of nitrogens with zero attached hydrogens (tertiary/aromatic N) is 3. The number of esters is 1. The summed E-state index contributed by atoms with van der Waals surface area (Å²) in [6.45, 7) is -0.900. The fraction of sp³-hybridized carbons (Fsp3) is 0.211. The molecule has 2 heterocycles. The third-order valence-electron chi connectivity index (χ3n) is 4.20.